The molecule has 0 aliphatic rings. The highest BCUT2D eigenvalue weighted by Crippen LogP contribution is 2.40. The number of ether oxygens (including phenoxy) is 1. The molecule has 0 aliphatic carbocycles. The molecule has 4 rings (SSSR count). The van der Waals surface area contributed by atoms with Crippen molar-refractivity contribution in [3.05, 3.63) is 80.9 Å². The van der Waals surface area contributed by atoms with E-state index in [-0.39, 0.29) is 23.2 Å². The zero-order chi connectivity index (χ0) is 30.6. The van der Waals surface area contributed by atoms with Crippen molar-refractivity contribution in [3.63, 3.8) is 0 Å². The van der Waals surface area contributed by atoms with Gasteiger partial charge in [-0.2, -0.15) is 15.5 Å². The number of hydrogen-bond donors (Lipinski definition) is 2. The summed E-state index contributed by atoms with van der Waals surface area (Å²) in [6, 6.07) is 15.1. The van der Waals surface area contributed by atoms with Crippen molar-refractivity contribution < 1.29 is 27.9 Å². The summed E-state index contributed by atoms with van der Waals surface area (Å²) in [4.78, 5) is 27.0. The summed E-state index contributed by atoms with van der Waals surface area (Å²) in [5.41, 5.74) is 2.55. The van der Waals surface area contributed by atoms with Gasteiger partial charge >= 0.3 is 6.09 Å². The number of aromatic nitrogens is 2. The molecular weight excluding hydrogens is 696 g/mol. The van der Waals surface area contributed by atoms with Gasteiger partial charge in [0.1, 0.15) is 6.07 Å². The maximum absolute atomic E-state index is 13.4. The van der Waals surface area contributed by atoms with E-state index < -0.39 is 28.1 Å². The number of hydrogen-bond acceptors (Lipinski definition) is 9. The number of rotatable bonds is 9. The van der Waals surface area contributed by atoms with Crippen LogP contribution in [0.1, 0.15) is 30.9 Å². The Morgan fingerprint density at radius 2 is 1.81 bits per heavy atom. The quantitative estimate of drug-likeness (QED) is 0.181. The molecule has 2 aromatic carbocycles. The summed E-state index contributed by atoms with van der Waals surface area (Å²) in [5.74, 6) is -0.801. The number of nitriles is 1. The lowest BCUT2D eigenvalue weighted by molar-refractivity contribution is -0.120. The lowest BCUT2D eigenvalue weighted by Crippen LogP contribution is -2.36. The Morgan fingerprint density at radius 3 is 2.40 bits per heavy atom. The van der Waals surface area contributed by atoms with Gasteiger partial charge in [-0.15, -0.1) is 0 Å². The van der Waals surface area contributed by atoms with E-state index in [0.717, 1.165) is 5.56 Å². The van der Waals surface area contributed by atoms with Crippen molar-refractivity contribution in [2.24, 2.45) is 10.2 Å². The van der Waals surface area contributed by atoms with E-state index in [1.54, 1.807) is 54.0 Å². The Labute approximate surface area is 257 Å². The molecule has 0 radical (unpaired) electrons. The van der Waals surface area contributed by atoms with Crippen LogP contribution in [0.25, 0.3) is 11.0 Å². The van der Waals surface area contributed by atoms with Crippen LogP contribution in [-0.4, -0.2) is 40.5 Å². The Kier molecular flexibility index (Phi) is 9.40. The van der Waals surface area contributed by atoms with Crippen molar-refractivity contribution in [2.45, 2.75) is 31.6 Å². The lowest BCUT2D eigenvalue weighted by Gasteiger charge is -2.11. The fraction of sp³-hybridized carbons (Fsp3) is 0.185. The Bertz CT molecular complexity index is 1830. The number of carbonyl (C=O) groups is 2. The SMILES string of the molecule is CC(C)c1cn(S(=O)(=O)Cc2ccccc2)c2ccc(Oc3c(Br)cc(/N=N/C(C#N)C(=O)NC(=O)O)cc3Br)nc12. The molecule has 2 N–H and O–H groups in total. The van der Waals surface area contributed by atoms with E-state index in [1.165, 1.54) is 16.1 Å². The molecule has 12 nitrogen and oxygen atoms in total. The molecule has 2 aromatic heterocycles. The van der Waals surface area contributed by atoms with Crippen LogP contribution in [0.4, 0.5) is 10.5 Å². The number of amides is 2. The fourth-order valence-electron chi connectivity index (χ4n) is 3.89. The van der Waals surface area contributed by atoms with Crippen LogP contribution < -0.4 is 10.1 Å². The van der Waals surface area contributed by atoms with Gasteiger partial charge in [-0.3, -0.25) is 10.1 Å². The molecule has 4 aromatic rings. The van der Waals surface area contributed by atoms with E-state index in [9.17, 15) is 18.0 Å². The van der Waals surface area contributed by atoms with E-state index in [2.05, 4.69) is 47.1 Å². The third-order valence-electron chi connectivity index (χ3n) is 5.81. The highest BCUT2D eigenvalue weighted by atomic mass is 79.9. The molecule has 0 saturated heterocycles. The van der Waals surface area contributed by atoms with Gasteiger partial charge in [-0.1, -0.05) is 44.2 Å². The number of carboxylic acid groups (broad SMARTS) is 1. The Morgan fingerprint density at radius 1 is 1.14 bits per heavy atom. The molecule has 2 heterocycles. The van der Waals surface area contributed by atoms with E-state index in [4.69, 9.17) is 15.1 Å². The van der Waals surface area contributed by atoms with Gasteiger partial charge in [-0.25, -0.2) is 22.2 Å². The summed E-state index contributed by atoms with van der Waals surface area (Å²) >= 11 is 6.80. The molecule has 42 heavy (non-hydrogen) atoms. The molecule has 0 bridgehead atoms. The number of fused-ring (bicyclic) bond motifs is 1. The molecule has 1 atom stereocenters. The minimum Gasteiger partial charge on any atom is -0.465 e. The number of azo groups is 1. The van der Waals surface area contributed by atoms with Crippen molar-refractivity contribution in [1.29, 1.82) is 5.26 Å². The van der Waals surface area contributed by atoms with Gasteiger partial charge in [0.25, 0.3) is 5.91 Å². The molecule has 0 saturated carbocycles. The normalized spacial score (nSPS) is 12.4. The van der Waals surface area contributed by atoms with Crippen molar-refractivity contribution in [3.8, 4) is 17.7 Å². The first-order valence-electron chi connectivity index (χ1n) is 12.2. The maximum Gasteiger partial charge on any atom is 0.411 e. The minimum atomic E-state index is -3.74. The number of halogens is 2. The molecule has 2 amide bonds. The van der Waals surface area contributed by atoms with Crippen molar-refractivity contribution >= 4 is 70.6 Å². The third-order valence-corrected chi connectivity index (χ3v) is 8.59. The average molecular weight is 718 g/mol. The van der Waals surface area contributed by atoms with Crippen LogP contribution in [0.3, 0.4) is 0 Å². The van der Waals surface area contributed by atoms with Gasteiger partial charge < -0.3 is 9.84 Å². The monoisotopic (exact) mass is 716 g/mol. The second kappa shape index (κ2) is 12.8. The topological polar surface area (TPSA) is 176 Å². The molecule has 0 aliphatic heterocycles. The van der Waals surface area contributed by atoms with Gasteiger partial charge in [0, 0.05) is 17.8 Å². The Hall–Kier alpha value is -4.13. The summed E-state index contributed by atoms with van der Waals surface area (Å²) in [6.45, 7) is 3.89. The van der Waals surface area contributed by atoms with Crippen molar-refractivity contribution in [1.82, 2.24) is 14.3 Å². The largest absolute Gasteiger partial charge is 0.465 e. The van der Waals surface area contributed by atoms with E-state index in [1.807, 2.05) is 19.9 Å². The highest BCUT2D eigenvalue weighted by molar-refractivity contribution is 9.11. The Balaban J connectivity index is 1.63. The van der Waals surface area contributed by atoms with Crippen LogP contribution in [0, 0.1) is 11.3 Å². The van der Waals surface area contributed by atoms with Crippen LogP contribution in [0.15, 0.2) is 80.0 Å². The minimum absolute atomic E-state index is 0.0265. The lowest BCUT2D eigenvalue weighted by atomic mass is 10.1. The fourth-order valence-corrected chi connectivity index (χ4v) is 6.68. The predicted octanol–water partition coefficient (Wildman–Crippen LogP) is 6.63. The number of carbonyl (C=O) groups excluding carboxylic acids is 1. The first-order valence-corrected chi connectivity index (χ1v) is 15.4. The second-order valence-corrected chi connectivity index (χ2v) is 12.7. The standard InChI is InChI=1S/C27H22Br2N6O6S/c1-15(2)18-13-35(42(39,40)14-16-6-4-3-5-7-16)22-8-9-23(31-24(18)22)41-25-19(28)10-17(11-20(25)29)33-34-21(12-30)26(36)32-27(37)38/h3-11,13,15,21H,14H2,1-2H3,(H,32,36)(H,37,38)/b34-33+. The first kappa shape index (κ1) is 30.8. The number of benzene rings is 2. The molecule has 1 unspecified atom stereocenters. The summed E-state index contributed by atoms with van der Waals surface area (Å²) in [5, 5.41) is 26.8. The maximum atomic E-state index is 13.4. The predicted molar refractivity (Wildman–Crippen MR) is 160 cm³/mol. The van der Waals surface area contributed by atoms with Crippen LogP contribution in [0.2, 0.25) is 0 Å². The first-order chi connectivity index (χ1) is 19.9. The number of imide groups is 1. The van der Waals surface area contributed by atoms with Gasteiger partial charge in [-0.05, 0) is 61.5 Å². The van der Waals surface area contributed by atoms with Gasteiger partial charge in [0.2, 0.25) is 21.9 Å². The number of pyridine rings is 1. The molecule has 15 heteroatoms. The number of nitrogens with zero attached hydrogens (tertiary/aromatic N) is 5. The zero-order valence-electron chi connectivity index (χ0n) is 22.0. The van der Waals surface area contributed by atoms with Crippen molar-refractivity contribution in [2.75, 3.05) is 0 Å². The third kappa shape index (κ3) is 7.01. The molecular formula is C27H22Br2N6O6S. The molecule has 216 valence electrons. The van der Waals surface area contributed by atoms with E-state index >= 15 is 0 Å². The molecule has 0 fully saturated rings. The highest BCUT2D eigenvalue weighted by Gasteiger charge is 2.23. The number of nitrogens with one attached hydrogen (secondary N) is 1. The van der Waals surface area contributed by atoms with Crippen LogP contribution >= 0.6 is 31.9 Å². The molecule has 0 spiro atoms. The second-order valence-electron chi connectivity index (χ2n) is 9.18. The van der Waals surface area contributed by atoms with Crippen LogP contribution in [-0.2, 0) is 20.6 Å². The van der Waals surface area contributed by atoms with Crippen LogP contribution in [0.5, 0.6) is 11.6 Å². The average Bonchev–Trinajstić information content (AvgIpc) is 3.31. The van der Waals surface area contributed by atoms with E-state index in [0.29, 0.717) is 31.3 Å². The summed E-state index contributed by atoms with van der Waals surface area (Å²) in [7, 11) is -3.74. The summed E-state index contributed by atoms with van der Waals surface area (Å²) < 4.78 is 34.9. The van der Waals surface area contributed by atoms with Gasteiger partial charge in [0.05, 0.1) is 31.4 Å². The smallest absolute Gasteiger partial charge is 0.411 e. The zero-order valence-corrected chi connectivity index (χ0v) is 26.0. The van der Waals surface area contributed by atoms with Gasteiger partial charge in [0.15, 0.2) is 5.75 Å². The summed E-state index contributed by atoms with van der Waals surface area (Å²) in [6.07, 6.45) is -0.0125.